The molecule has 0 fully saturated rings. The molecular formula is C18H19N5. The summed E-state index contributed by atoms with van der Waals surface area (Å²) in [6, 6.07) is 15.7. The monoisotopic (exact) mass is 305 g/mol. The van der Waals surface area contributed by atoms with Crippen LogP contribution in [-0.2, 0) is 6.42 Å². The molecule has 5 nitrogen and oxygen atoms in total. The van der Waals surface area contributed by atoms with Gasteiger partial charge in [-0.15, -0.1) is 0 Å². The van der Waals surface area contributed by atoms with E-state index >= 15 is 0 Å². The molecule has 0 aliphatic rings. The van der Waals surface area contributed by atoms with Crippen LogP contribution in [0, 0.1) is 0 Å². The Labute approximate surface area is 135 Å². The lowest BCUT2D eigenvalue weighted by molar-refractivity contribution is 0.695. The predicted octanol–water partition coefficient (Wildman–Crippen LogP) is 2.82. The van der Waals surface area contributed by atoms with Crippen LogP contribution in [0.25, 0.3) is 11.4 Å². The van der Waals surface area contributed by atoms with E-state index in [1.807, 2.05) is 43.4 Å². The number of aromatic nitrogens is 3. The van der Waals surface area contributed by atoms with Crippen LogP contribution in [-0.4, -0.2) is 22.0 Å². The summed E-state index contributed by atoms with van der Waals surface area (Å²) in [6.45, 7) is 0. The van der Waals surface area contributed by atoms with E-state index in [0.29, 0.717) is 5.82 Å². The first kappa shape index (κ1) is 15.1. The zero-order chi connectivity index (χ0) is 16.1. The molecule has 0 aliphatic heterocycles. The Morgan fingerprint density at radius 3 is 2.61 bits per heavy atom. The minimum absolute atomic E-state index is 0.192. The molecule has 2 heterocycles. The molecule has 0 bridgehead atoms. The Balaban J connectivity index is 1.92. The van der Waals surface area contributed by atoms with Crippen molar-refractivity contribution < 1.29 is 0 Å². The van der Waals surface area contributed by atoms with E-state index in [2.05, 4.69) is 32.4 Å². The van der Waals surface area contributed by atoms with Crippen molar-refractivity contribution in [2.45, 2.75) is 12.5 Å². The summed E-state index contributed by atoms with van der Waals surface area (Å²) >= 11 is 0. The minimum atomic E-state index is -0.192. The van der Waals surface area contributed by atoms with Crippen LogP contribution in [0.3, 0.4) is 0 Å². The molecule has 0 amide bonds. The number of benzene rings is 1. The third kappa shape index (κ3) is 3.70. The van der Waals surface area contributed by atoms with Crippen molar-refractivity contribution in [2.75, 3.05) is 12.4 Å². The van der Waals surface area contributed by atoms with Gasteiger partial charge in [0.1, 0.15) is 5.82 Å². The van der Waals surface area contributed by atoms with E-state index < -0.39 is 0 Å². The van der Waals surface area contributed by atoms with Crippen LogP contribution in [0.2, 0.25) is 0 Å². The summed E-state index contributed by atoms with van der Waals surface area (Å²) in [7, 11) is 1.84. The van der Waals surface area contributed by atoms with Gasteiger partial charge in [-0.05, 0) is 24.1 Å². The molecule has 116 valence electrons. The number of pyridine rings is 1. The fourth-order valence-corrected chi connectivity index (χ4v) is 2.38. The average Bonchev–Trinajstić information content (AvgIpc) is 2.63. The van der Waals surface area contributed by atoms with E-state index in [0.717, 1.165) is 23.5 Å². The summed E-state index contributed by atoms with van der Waals surface area (Å²) in [5.41, 5.74) is 9.24. The largest absolute Gasteiger partial charge is 0.373 e. The molecule has 1 aromatic carbocycles. The highest BCUT2D eigenvalue weighted by atomic mass is 15.0. The summed E-state index contributed by atoms with van der Waals surface area (Å²) < 4.78 is 0. The fraction of sp³-hybridized carbons (Fsp3) is 0.167. The van der Waals surface area contributed by atoms with Gasteiger partial charge in [-0.2, -0.15) is 0 Å². The molecule has 0 saturated heterocycles. The number of hydrogen-bond donors (Lipinski definition) is 2. The molecule has 0 radical (unpaired) electrons. The molecule has 0 spiro atoms. The second-order valence-corrected chi connectivity index (χ2v) is 5.29. The van der Waals surface area contributed by atoms with Crippen molar-refractivity contribution in [3.05, 3.63) is 72.2 Å². The highest BCUT2D eigenvalue weighted by Crippen LogP contribution is 2.21. The average molecular weight is 305 g/mol. The smallest absolute Gasteiger partial charge is 0.163 e. The molecule has 23 heavy (non-hydrogen) atoms. The molecule has 0 unspecified atom stereocenters. The van der Waals surface area contributed by atoms with Crippen LogP contribution in [0.1, 0.15) is 17.3 Å². The fourth-order valence-electron chi connectivity index (χ4n) is 2.38. The maximum atomic E-state index is 6.36. The summed E-state index contributed by atoms with van der Waals surface area (Å²) in [5, 5.41) is 3.07. The Morgan fingerprint density at radius 1 is 1.09 bits per heavy atom. The first-order chi connectivity index (χ1) is 11.3. The van der Waals surface area contributed by atoms with Crippen molar-refractivity contribution >= 4 is 5.82 Å². The van der Waals surface area contributed by atoms with E-state index in [1.54, 1.807) is 12.4 Å². The quantitative estimate of drug-likeness (QED) is 0.758. The van der Waals surface area contributed by atoms with Gasteiger partial charge in [0.15, 0.2) is 5.82 Å². The van der Waals surface area contributed by atoms with Gasteiger partial charge in [0.25, 0.3) is 0 Å². The van der Waals surface area contributed by atoms with Gasteiger partial charge in [0.05, 0.1) is 11.7 Å². The number of rotatable bonds is 5. The molecule has 2 aromatic heterocycles. The highest BCUT2D eigenvalue weighted by Gasteiger charge is 2.13. The summed E-state index contributed by atoms with van der Waals surface area (Å²) in [4.78, 5) is 13.3. The van der Waals surface area contributed by atoms with Crippen LogP contribution in [0.4, 0.5) is 5.82 Å². The summed E-state index contributed by atoms with van der Waals surface area (Å²) in [5.74, 6) is 1.38. The highest BCUT2D eigenvalue weighted by molar-refractivity contribution is 5.56. The van der Waals surface area contributed by atoms with Crippen LogP contribution in [0.15, 0.2) is 60.9 Å². The molecule has 3 aromatic rings. The normalized spacial score (nSPS) is 11.9. The number of nitrogens with one attached hydrogen (secondary N) is 1. The van der Waals surface area contributed by atoms with Crippen LogP contribution < -0.4 is 11.1 Å². The van der Waals surface area contributed by atoms with Crippen molar-refractivity contribution in [1.29, 1.82) is 0 Å². The molecule has 3 rings (SSSR count). The standard InChI is InChI=1S/C18H19N5/c1-20-17-11-16(15(19)10-13-6-3-2-4-7-13)22-18(23-17)14-8-5-9-21-12-14/h2-9,11-12,15H,10,19H2,1H3,(H,20,22,23)/t15-/m1/s1. The Hall–Kier alpha value is -2.79. The minimum Gasteiger partial charge on any atom is -0.373 e. The van der Waals surface area contributed by atoms with E-state index in [-0.39, 0.29) is 6.04 Å². The first-order valence-corrected chi connectivity index (χ1v) is 7.53. The molecule has 1 atom stereocenters. The van der Waals surface area contributed by atoms with Gasteiger partial charge in [-0.1, -0.05) is 30.3 Å². The molecular weight excluding hydrogens is 286 g/mol. The summed E-state index contributed by atoms with van der Waals surface area (Å²) in [6.07, 6.45) is 4.21. The van der Waals surface area contributed by atoms with E-state index in [4.69, 9.17) is 5.73 Å². The second-order valence-electron chi connectivity index (χ2n) is 5.29. The Kier molecular flexibility index (Phi) is 4.59. The van der Waals surface area contributed by atoms with Gasteiger partial charge in [-0.3, -0.25) is 4.98 Å². The lowest BCUT2D eigenvalue weighted by Gasteiger charge is -2.14. The maximum absolute atomic E-state index is 6.36. The van der Waals surface area contributed by atoms with Gasteiger partial charge in [0, 0.05) is 31.1 Å². The van der Waals surface area contributed by atoms with Gasteiger partial charge >= 0.3 is 0 Å². The Bertz CT molecular complexity index is 759. The van der Waals surface area contributed by atoms with Crippen molar-refractivity contribution in [1.82, 2.24) is 15.0 Å². The molecule has 0 saturated carbocycles. The third-order valence-corrected chi connectivity index (χ3v) is 3.60. The number of nitrogens with zero attached hydrogens (tertiary/aromatic N) is 3. The zero-order valence-corrected chi connectivity index (χ0v) is 13.0. The first-order valence-electron chi connectivity index (χ1n) is 7.53. The SMILES string of the molecule is CNc1cc([C@H](N)Cc2ccccc2)nc(-c2cccnc2)n1. The molecule has 0 aliphatic carbocycles. The second kappa shape index (κ2) is 6.98. The van der Waals surface area contributed by atoms with E-state index in [9.17, 15) is 0 Å². The maximum Gasteiger partial charge on any atom is 0.163 e. The lowest BCUT2D eigenvalue weighted by Crippen LogP contribution is -2.16. The predicted molar refractivity (Wildman–Crippen MR) is 91.9 cm³/mol. The number of nitrogens with two attached hydrogens (primary N) is 1. The van der Waals surface area contributed by atoms with Crippen molar-refractivity contribution in [2.24, 2.45) is 5.73 Å². The van der Waals surface area contributed by atoms with Crippen LogP contribution >= 0.6 is 0 Å². The topological polar surface area (TPSA) is 76.7 Å². The van der Waals surface area contributed by atoms with Gasteiger partial charge in [0.2, 0.25) is 0 Å². The van der Waals surface area contributed by atoms with E-state index in [1.165, 1.54) is 5.56 Å². The molecule has 3 N–H and O–H groups in total. The van der Waals surface area contributed by atoms with Gasteiger partial charge in [-0.25, -0.2) is 9.97 Å². The molecule has 5 heteroatoms. The van der Waals surface area contributed by atoms with Crippen LogP contribution in [0.5, 0.6) is 0 Å². The lowest BCUT2D eigenvalue weighted by atomic mass is 10.0. The zero-order valence-electron chi connectivity index (χ0n) is 13.0. The number of hydrogen-bond acceptors (Lipinski definition) is 5. The third-order valence-electron chi connectivity index (χ3n) is 3.60. The van der Waals surface area contributed by atoms with Crippen molar-refractivity contribution in [3.63, 3.8) is 0 Å². The Morgan fingerprint density at radius 2 is 1.91 bits per heavy atom. The van der Waals surface area contributed by atoms with Gasteiger partial charge < -0.3 is 11.1 Å². The van der Waals surface area contributed by atoms with Crippen molar-refractivity contribution in [3.8, 4) is 11.4 Å². The number of anilines is 1.